The smallest absolute Gasteiger partial charge is 0.175 e. The van der Waals surface area contributed by atoms with Gasteiger partial charge in [-0.05, 0) is 38.2 Å². The van der Waals surface area contributed by atoms with Gasteiger partial charge < -0.3 is 14.8 Å². The molecule has 0 bridgehead atoms. The zero-order valence-electron chi connectivity index (χ0n) is 8.13. The Morgan fingerprint density at radius 2 is 1.50 bits per heavy atom. The fourth-order valence-corrected chi connectivity index (χ4v) is 1.20. The van der Waals surface area contributed by atoms with Gasteiger partial charge in [0.2, 0.25) is 0 Å². The van der Waals surface area contributed by atoms with Crippen LogP contribution >= 0.6 is 12.2 Å². The zero-order valence-corrected chi connectivity index (χ0v) is 8.94. The molecular formula is C10H12N2OS. The number of ketones is 1. The first-order valence-corrected chi connectivity index (χ1v) is 4.64. The molecule has 0 unspecified atom stereocenters. The number of aromatic amines is 2. The highest BCUT2D eigenvalue weighted by atomic mass is 32.1. The summed E-state index contributed by atoms with van der Waals surface area (Å²) < 4.78 is 0.682. The second-order valence-electron chi connectivity index (χ2n) is 3.03. The number of carbonyl (C=O) groups is 1. The van der Waals surface area contributed by atoms with Crippen molar-refractivity contribution in [1.29, 1.82) is 0 Å². The number of H-pyrrole nitrogens is 2. The highest BCUT2D eigenvalue weighted by Crippen LogP contribution is 2.06. The largest absolute Gasteiger partial charge is 0.331 e. The standard InChI is InChI=1S/C7H6N2S.C3H6O/c10-7-8-5-3-1-2-4-6(5)9-7;1-3(2)4/h1-4H,(H2,8,9,10);1-2H3. The predicted molar refractivity (Wildman–Crippen MR) is 59.8 cm³/mol. The van der Waals surface area contributed by atoms with Gasteiger partial charge in [-0.25, -0.2) is 0 Å². The highest BCUT2D eigenvalue weighted by molar-refractivity contribution is 7.71. The van der Waals surface area contributed by atoms with Crippen molar-refractivity contribution in [2.24, 2.45) is 0 Å². The van der Waals surface area contributed by atoms with E-state index >= 15 is 0 Å². The van der Waals surface area contributed by atoms with Crippen LogP contribution in [-0.4, -0.2) is 15.8 Å². The zero-order chi connectivity index (χ0) is 10.6. The molecule has 2 rings (SSSR count). The van der Waals surface area contributed by atoms with Gasteiger partial charge in [0.15, 0.2) is 4.77 Å². The minimum absolute atomic E-state index is 0.167. The molecule has 0 spiro atoms. The lowest BCUT2D eigenvalue weighted by Gasteiger charge is -1.82. The number of benzene rings is 1. The second-order valence-corrected chi connectivity index (χ2v) is 3.44. The van der Waals surface area contributed by atoms with Gasteiger partial charge >= 0.3 is 0 Å². The van der Waals surface area contributed by atoms with Crippen LogP contribution in [0.25, 0.3) is 11.0 Å². The van der Waals surface area contributed by atoms with Crippen LogP contribution in [0.1, 0.15) is 13.8 Å². The molecule has 1 aromatic carbocycles. The van der Waals surface area contributed by atoms with E-state index in [9.17, 15) is 4.79 Å². The average Bonchev–Trinajstić information content (AvgIpc) is 2.42. The first-order chi connectivity index (χ1) is 6.59. The second kappa shape index (κ2) is 4.72. The molecule has 0 saturated heterocycles. The number of carbonyl (C=O) groups excluding carboxylic acids is 1. The van der Waals surface area contributed by atoms with Crippen molar-refractivity contribution in [3.05, 3.63) is 29.0 Å². The van der Waals surface area contributed by atoms with Gasteiger partial charge in [-0.2, -0.15) is 0 Å². The lowest BCUT2D eigenvalue weighted by atomic mass is 10.3. The number of nitrogens with one attached hydrogen (secondary N) is 2. The summed E-state index contributed by atoms with van der Waals surface area (Å²) in [6, 6.07) is 7.92. The van der Waals surface area contributed by atoms with E-state index in [2.05, 4.69) is 9.97 Å². The molecular weight excluding hydrogens is 196 g/mol. The van der Waals surface area contributed by atoms with Gasteiger partial charge in [-0.3, -0.25) is 0 Å². The van der Waals surface area contributed by atoms with Crippen LogP contribution in [0.5, 0.6) is 0 Å². The van der Waals surface area contributed by atoms with Crippen molar-refractivity contribution in [1.82, 2.24) is 9.97 Å². The van der Waals surface area contributed by atoms with E-state index in [1.165, 1.54) is 13.8 Å². The molecule has 0 radical (unpaired) electrons. The molecule has 0 amide bonds. The van der Waals surface area contributed by atoms with Crippen LogP contribution in [-0.2, 0) is 4.79 Å². The van der Waals surface area contributed by atoms with Crippen LogP contribution in [0.4, 0.5) is 0 Å². The summed E-state index contributed by atoms with van der Waals surface area (Å²) in [6.07, 6.45) is 0. The quantitative estimate of drug-likeness (QED) is 0.654. The minimum atomic E-state index is 0.167. The Morgan fingerprint density at radius 1 is 1.14 bits per heavy atom. The molecule has 0 atom stereocenters. The Hall–Kier alpha value is -1.42. The van der Waals surface area contributed by atoms with Gasteiger partial charge in [0, 0.05) is 0 Å². The number of para-hydroxylation sites is 2. The molecule has 0 saturated carbocycles. The van der Waals surface area contributed by atoms with Crippen molar-refractivity contribution in [2.45, 2.75) is 13.8 Å². The minimum Gasteiger partial charge on any atom is -0.331 e. The summed E-state index contributed by atoms with van der Waals surface area (Å²) in [7, 11) is 0. The lowest BCUT2D eigenvalue weighted by Crippen LogP contribution is -1.69. The fourth-order valence-electron chi connectivity index (χ4n) is 0.977. The molecule has 0 aliphatic rings. The van der Waals surface area contributed by atoms with E-state index in [4.69, 9.17) is 12.2 Å². The van der Waals surface area contributed by atoms with Gasteiger partial charge in [0.25, 0.3) is 0 Å². The Morgan fingerprint density at radius 3 is 1.86 bits per heavy atom. The third-order valence-corrected chi connectivity index (χ3v) is 1.63. The third kappa shape index (κ3) is 3.14. The summed E-state index contributed by atoms with van der Waals surface area (Å²) in [6.45, 7) is 3.06. The maximum atomic E-state index is 9.44. The lowest BCUT2D eigenvalue weighted by molar-refractivity contribution is -0.114. The van der Waals surface area contributed by atoms with E-state index in [1.54, 1.807) is 0 Å². The normalized spacial score (nSPS) is 9.29. The summed E-state index contributed by atoms with van der Waals surface area (Å²) in [5, 5.41) is 0. The summed E-state index contributed by atoms with van der Waals surface area (Å²) in [5.74, 6) is 0.167. The number of imidazole rings is 1. The van der Waals surface area contributed by atoms with E-state index < -0.39 is 0 Å². The molecule has 74 valence electrons. The Kier molecular flexibility index (Phi) is 3.59. The third-order valence-electron chi connectivity index (χ3n) is 1.42. The van der Waals surface area contributed by atoms with Crippen molar-refractivity contribution in [2.75, 3.05) is 0 Å². The Labute approximate surface area is 87.2 Å². The molecule has 2 N–H and O–H groups in total. The maximum Gasteiger partial charge on any atom is 0.175 e. The van der Waals surface area contributed by atoms with E-state index in [1.807, 2.05) is 24.3 Å². The van der Waals surface area contributed by atoms with Crippen LogP contribution < -0.4 is 0 Å². The van der Waals surface area contributed by atoms with E-state index in [0.29, 0.717) is 4.77 Å². The van der Waals surface area contributed by atoms with Crippen molar-refractivity contribution in [3.8, 4) is 0 Å². The van der Waals surface area contributed by atoms with Gasteiger partial charge in [-0.15, -0.1) is 0 Å². The van der Waals surface area contributed by atoms with Crippen LogP contribution in [0.3, 0.4) is 0 Å². The van der Waals surface area contributed by atoms with Gasteiger partial charge in [0.1, 0.15) is 5.78 Å². The number of fused-ring (bicyclic) bond motifs is 1. The van der Waals surface area contributed by atoms with Crippen molar-refractivity contribution in [3.63, 3.8) is 0 Å². The fraction of sp³-hybridized carbons (Fsp3) is 0.200. The predicted octanol–water partition coefficient (Wildman–Crippen LogP) is 2.82. The molecule has 0 fully saturated rings. The number of hydrogen-bond donors (Lipinski definition) is 2. The van der Waals surface area contributed by atoms with Gasteiger partial charge in [-0.1, -0.05) is 12.1 Å². The molecule has 0 aliphatic heterocycles. The first-order valence-electron chi connectivity index (χ1n) is 4.24. The SMILES string of the molecule is CC(C)=O.S=c1[nH]c2ccccc2[nH]1. The molecule has 0 aliphatic carbocycles. The molecule has 1 aromatic heterocycles. The maximum absolute atomic E-state index is 9.44. The number of Topliss-reactive ketones (excluding diaryl/α,β-unsaturated/α-hetero) is 1. The van der Waals surface area contributed by atoms with Crippen LogP contribution in [0.15, 0.2) is 24.3 Å². The van der Waals surface area contributed by atoms with Crippen molar-refractivity contribution >= 4 is 29.0 Å². The molecule has 4 heteroatoms. The molecule has 1 heterocycles. The van der Waals surface area contributed by atoms with Crippen LogP contribution in [0.2, 0.25) is 0 Å². The Bertz CT molecular complexity index is 444. The molecule has 14 heavy (non-hydrogen) atoms. The van der Waals surface area contributed by atoms with E-state index in [-0.39, 0.29) is 5.78 Å². The first kappa shape index (κ1) is 10.7. The highest BCUT2D eigenvalue weighted by Gasteiger charge is 1.90. The summed E-state index contributed by atoms with van der Waals surface area (Å²) in [4.78, 5) is 15.5. The number of rotatable bonds is 0. The number of hydrogen-bond acceptors (Lipinski definition) is 2. The monoisotopic (exact) mass is 208 g/mol. The van der Waals surface area contributed by atoms with E-state index in [0.717, 1.165) is 11.0 Å². The summed E-state index contributed by atoms with van der Waals surface area (Å²) in [5.41, 5.74) is 2.13. The van der Waals surface area contributed by atoms with Gasteiger partial charge in [0.05, 0.1) is 11.0 Å². The van der Waals surface area contributed by atoms with Crippen LogP contribution in [0, 0.1) is 4.77 Å². The summed E-state index contributed by atoms with van der Waals surface area (Å²) >= 11 is 4.90. The van der Waals surface area contributed by atoms with Crippen molar-refractivity contribution < 1.29 is 4.79 Å². The average molecular weight is 208 g/mol. The number of aromatic nitrogens is 2. The topological polar surface area (TPSA) is 48.6 Å². The Balaban J connectivity index is 0.000000213. The molecule has 3 nitrogen and oxygen atoms in total. The molecule has 2 aromatic rings.